The van der Waals surface area contributed by atoms with Gasteiger partial charge in [0.05, 0.1) is 6.20 Å². The molecular weight excluding hydrogens is 310 g/mol. The number of aromatic nitrogens is 2. The Bertz CT molecular complexity index is 773. The molecule has 8 nitrogen and oxygen atoms in total. The Morgan fingerprint density at radius 3 is 3.25 bits per heavy atom. The molecule has 2 aliphatic rings. The molecule has 2 aromatic rings. The van der Waals surface area contributed by atoms with Crippen molar-refractivity contribution in [2.45, 2.75) is 13.1 Å². The van der Waals surface area contributed by atoms with Crippen molar-refractivity contribution < 1.29 is 14.3 Å². The average Bonchev–Trinajstić information content (AvgIpc) is 3.21. The zero-order valence-electron chi connectivity index (χ0n) is 13.1. The number of fused-ring (bicyclic) bond motifs is 2. The minimum absolute atomic E-state index is 0.281. The molecule has 0 bridgehead atoms. The maximum atomic E-state index is 11.3. The van der Waals surface area contributed by atoms with Crippen molar-refractivity contribution >= 4 is 11.7 Å². The van der Waals surface area contributed by atoms with Gasteiger partial charge in [-0.1, -0.05) is 12.1 Å². The number of amides is 1. The second kappa shape index (κ2) is 6.04. The lowest BCUT2D eigenvalue weighted by Gasteiger charge is -2.25. The number of benzene rings is 1. The Morgan fingerprint density at radius 2 is 2.38 bits per heavy atom. The van der Waals surface area contributed by atoms with Crippen molar-refractivity contribution in [3.05, 3.63) is 35.5 Å². The summed E-state index contributed by atoms with van der Waals surface area (Å²) in [4.78, 5) is 11.3. The summed E-state index contributed by atoms with van der Waals surface area (Å²) in [7, 11) is 0. The smallest absolute Gasteiger partial charge is 0.254 e. The van der Waals surface area contributed by atoms with Crippen molar-refractivity contribution in [1.29, 1.82) is 0 Å². The predicted octanol–water partition coefficient (Wildman–Crippen LogP) is 0.542. The molecule has 0 fully saturated rings. The third kappa shape index (κ3) is 2.65. The summed E-state index contributed by atoms with van der Waals surface area (Å²) < 4.78 is 12.7. The minimum Gasteiger partial charge on any atom is -0.454 e. The number of rotatable bonds is 5. The number of nitrogens with zero attached hydrogens (tertiary/aromatic N) is 2. The number of anilines is 1. The normalized spacial score (nSPS) is 18.1. The molecule has 0 aliphatic carbocycles. The lowest BCUT2D eigenvalue weighted by Crippen LogP contribution is -2.35. The monoisotopic (exact) mass is 329 g/mol. The average molecular weight is 329 g/mol. The van der Waals surface area contributed by atoms with Crippen LogP contribution in [-0.4, -0.2) is 35.6 Å². The summed E-state index contributed by atoms with van der Waals surface area (Å²) in [6.45, 7) is 3.33. The second-order valence-corrected chi connectivity index (χ2v) is 5.98. The maximum Gasteiger partial charge on any atom is 0.254 e. The lowest BCUT2D eigenvalue weighted by atomic mass is 10.1. The minimum atomic E-state index is -0.458. The summed E-state index contributed by atoms with van der Waals surface area (Å²) in [5.41, 5.74) is 6.87. The van der Waals surface area contributed by atoms with Crippen LogP contribution in [0.15, 0.2) is 24.4 Å². The number of hydrogen-bond acceptors (Lipinski definition) is 6. The van der Waals surface area contributed by atoms with Gasteiger partial charge in [0.25, 0.3) is 5.91 Å². The van der Waals surface area contributed by atoms with Gasteiger partial charge >= 0.3 is 0 Å². The number of carbonyl (C=O) groups is 1. The van der Waals surface area contributed by atoms with Crippen molar-refractivity contribution in [2.75, 3.05) is 25.2 Å². The topological polar surface area (TPSA) is 103 Å². The molecule has 0 unspecified atom stereocenters. The Balaban J connectivity index is 1.34. The van der Waals surface area contributed by atoms with E-state index in [2.05, 4.69) is 15.7 Å². The van der Waals surface area contributed by atoms with E-state index in [9.17, 15) is 4.79 Å². The molecule has 1 amide bonds. The van der Waals surface area contributed by atoms with E-state index in [1.54, 1.807) is 4.68 Å². The number of nitrogens with two attached hydrogens (primary N) is 1. The van der Waals surface area contributed by atoms with Gasteiger partial charge in [0.2, 0.25) is 6.79 Å². The zero-order valence-corrected chi connectivity index (χ0v) is 13.1. The van der Waals surface area contributed by atoms with Crippen molar-refractivity contribution in [3.63, 3.8) is 0 Å². The number of hydrogen-bond donors (Lipinski definition) is 3. The van der Waals surface area contributed by atoms with Gasteiger partial charge < -0.3 is 25.8 Å². The van der Waals surface area contributed by atoms with Gasteiger partial charge in [-0.25, -0.2) is 4.68 Å². The number of ether oxygens (including phenoxy) is 2. The van der Waals surface area contributed by atoms with Crippen LogP contribution in [0.25, 0.3) is 0 Å². The van der Waals surface area contributed by atoms with E-state index in [0.29, 0.717) is 23.8 Å². The van der Waals surface area contributed by atoms with Gasteiger partial charge in [-0.15, -0.1) is 0 Å². The van der Waals surface area contributed by atoms with Crippen LogP contribution < -0.4 is 25.8 Å². The first-order valence-electron chi connectivity index (χ1n) is 7.90. The van der Waals surface area contributed by atoms with Crippen LogP contribution in [0.3, 0.4) is 0 Å². The molecule has 0 radical (unpaired) electrons. The van der Waals surface area contributed by atoms with Crippen LogP contribution in [0.5, 0.6) is 11.5 Å². The fourth-order valence-corrected chi connectivity index (χ4v) is 3.12. The predicted molar refractivity (Wildman–Crippen MR) is 87.0 cm³/mol. The molecule has 126 valence electrons. The van der Waals surface area contributed by atoms with Crippen LogP contribution in [0.4, 0.5) is 5.82 Å². The van der Waals surface area contributed by atoms with E-state index in [4.69, 9.17) is 15.2 Å². The van der Waals surface area contributed by atoms with Gasteiger partial charge in [-0.2, -0.15) is 5.10 Å². The first-order chi connectivity index (χ1) is 11.7. The summed E-state index contributed by atoms with van der Waals surface area (Å²) >= 11 is 0. The van der Waals surface area contributed by atoms with Crippen molar-refractivity contribution in [3.8, 4) is 11.5 Å². The Morgan fingerprint density at radius 1 is 1.46 bits per heavy atom. The number of carbonyl (C=O) groups excluding carboxylic acids is 1. The lowest BCUT2D eigenvalue weighted by molar-refractivity contribution is 0.100. The first kappa shape index (κ1) is 14.8. The van der Waals surface area contributed by atoms with E-state index < -0.39 is 5.91 Å². The quantitative estimate of drug-likeness (QED) is 0.740. The largest absolute Gasteiger partial charge is 0.454 e. The summed E-state index contributed by atoms with van der Waals surface area (Å²) in [5, 5.41) is 10.9. The SMILES string of the molecule is NC(=O)c1cnn2c1NC[C@H](CNCc1cccc3c1OCO3)C2. The van der Waals surface area contributed by atoms with Gasteiger partial charge in [-0.3, -0.25) is 4.79 Å². The highest BCUT2D eigenvalue weighted by Crippen LogP contribution is 2.35. The van der Waals surface area contributed by atoms with Gasteiger partial charge in [0, 0.05) is 37.7 Å². The molecule has 0 saturated heterocycles. The fraction of sp³-hybridized carbons (Fsp3) is 0.375. The van der Waals surface area contributed by atoms with E-state index in [1.807, 2.05) is 18.2 Å². The van der Waals surface area contributed by atoms with E-state index >= 15 is 0 Å². The zero-order chi connectivity index (χ0) is 16.5. The maximum absolute atomic E-state index is 11.3. The number of nitrogens with one attached hydrogen (secondary N) is 2. The van der Waals surface area contributed by atoms with Crippen molar-refractivity contribution in [2.24, 2.45) is 11.7 Å². The van der Waals surface area contributed by atoms with Crippen LogP contribution in [0.1, 0.15) is 15.9 Å². The highest BCUT2D eigenvalue weighted by atomic mass is 16.7. The van der Waals surface area contributed by atoms with Crippen LogP contribution in [0.2, 0.25) is 0 Å². The van der Waals surface area contributed by atoms with Crippen LogP contribution >= 0.6 is 0 Å². The van der Waals surface area contributed by atoms with Gasteiger partial charge in [0.1, 0.15) is 11.4 Å². The van der Waals surface area contributed by atoms with Gasteiger partial charge in [0.15, 0.2) is 11.5 Å². The molecule has 24 heavy (non-hydrogen) atoms. The molecular formula is C16H19N5O3. The fourth-order valence-electron chi connectivity index (χ4n) is 3.12. The van der Waals surface area contributed by atoms with Gasteiger partial charge in [-0.05, 0) is 6.07 Å². The Kier molecular flexibility index (Phi) is 3.73. The Labute approximate surface area is 138 Å². The first-order valence-corrected chi connectivity index (χ1v) is 7.90. The molecule has 0 spiro atoms. The third-order valence-electron chi connectivity index (χ3n) is 4.32. The molecule has 2 aliphatic heterocycles. The van der Waals surface area contributed by atoms with Crippen molar-refractivity contribution in [1.82, 2.24) is 15.1 Å². The van der Waals surface area contributed by atoms with E-state index in [1.165, 1.54) is 6.20 Å². The van der Waals surface area contributed by atoms with Crippen LogP contribution in [-0.2, 0) is 13.1 Å². The highest BCUT2D eigenvalue weighted by Gasteiger charge is 2.23. The molecule has 3 heterocycles. The summed E-state index contributed by atoms with van der Waals surface area (Å²) in [6, 6.07) is 5.91. The van der Waals surface area contributed by atoms with E-state index in [0.717, 1.165) is 36.7 Å². The Hall–Kier alpha value is -2.74. The molecule has 1 aromatic heterocycles. The summed E-state index contributed by atoms with van der Waals surface area (Å²) in [6.07, 6.45) is 1.52. The molecule has 8 heteroatoms. The second-order valence-electron chi connectivity index (χ2n) is 5.98. The number of para-hydroxylation sites is 1. The molecule has 1 aromatic carbocycles. The van der Waals surface area contributed by atoms with E-state index in [-0.39, 0.29) is 6.79 Å². The molecule has 0 saturated carbocycles. The standard InChI is InChI=1S/C16H19N5O3/c17-15(22)12-7-20-21-8-10(5-19-16(12)21)4-18-6-11-2-1-3-13-14(11)24-9-23-13/h1-3,7,10,18-19H,4-6,8-9H2,(H2,17,22)/t10-/m0/s1. The highest BCUT2D eigenvalue weighted by molar-refractivity contribution is 5.97. The molecule has 1 atom stereocenters. The summed E-state index contributed by atoms with van der Waals surface area (Å²) in [5.74, 6) is 2.25. The van der Waals surface area contributed by atoms with Crippen LogP contribution in [0, 0.1) is 5.92 Å². The number of primary amides is 1. The third-order valence-corrected chi connectivity index (χ3v) is 4.32. The molecule has 4 rings (SSSR count). The molecule has 4 N–H and O–H groups in total.